The van der Waals surface area contributed by atoms with Crippen LogP contribution in [0.4, 0.5) is 5.69 Å². The number of aryl methyl sites for hydroxylation is 1. The molecule has 0 radical (unpaired) electrons. The summed E-state index contributed by atoms with van der Waals surface area (Å²) in [6.45, 7) is 2.16. The lowest BCUT2D eigenvalue weighted by Gasteiger charge is -2.07. The summed E-state index contributed by atoms with van der Waals surface area (Å²) in [6.07, 6.45) is 1.57. The van der Waals surface area contributed by atoms with E-state index in [4.69, 9.17) is 4.74 Å². The second-order valence-corrected chi connectivity index (χ2v) is 6.74. The van der Waals surface area contributed by atoms with Gasteiger partial charge >= 0.3 is 0 Å². The van der Waals surface area contributed by atoms with E-state index in [1.165, 1.54) is 5.56 Å². The minimum absolute atomic E-state index is 0.149. The number of carbonyl (C=O) groups is 1. The first-order valence-corrected chi connectivity index (χ1v) is 8.73. The highest BCUT2D eigenvalue weighted by Crippen LogP contribution is 2.33. The fraction of sp³-hybridized carbons (Fsp3) is 0.176. The average molecular weight is 455 g/mol. The Labute approximate surface area is 157 Å². The third kappa shape index (κ3) is 5.35. The van der Waals surface area contributed by atoms with Crippen molar-refractivity contribution in [2.24, 2.45) is 5.10 Å². The molecule has 0 spiro atoms. The molecule has 1 amide bonds. The number of hydrazone groups is 1. The van der Waals surface area contributed by atoms with Gasteiger partial charge in [0, 0.05) is 5.69 Å². The van der Waals surface area contributed by atoms with Gasteiger partial charge < -0.3 is 10.1 Å². The van der Waals surface area contributed by atoms with Gasteiger partial charge in [-0.15, -0.1) is 0 Å². The van der Waals surface area contributed by atoms with Crippen LogP contribution in [0.3, 0.4) is 0 Å². The third-order valence-electron chi connectivity index (χ3n) is 3.13. The van der Waals surface area contributed by atoms with Crippen LogP contribution in [0.5, 0.6) is 5.75 Å². The first-order valence-electron chi connectivity index (χ1n) is 7.15. The van der Waals surface area contributed by atoms with E-state index in [9.17, 15) is 4.79 Å². The zero-order valence-corrected chi connectivity index (χ0v) is 16.4. The molecule has 0 fully saturated rings. The number of rotatable bonds is 6. The first-order chi connectivity index (χ1) is 11.5. The summed E-state index contributed by atoms with van der Waals surface area (Å²) >= 11 is 6.84. The van der Waals surface area contributed by atoms with Crippen LogP contribution in [0.25, 0.3) is 0 Å². The van der Waals surface area contributed by atoms with Crippen molar-refractivity contribution >= 4 is 49.7 Å². The number of nitrogens with zero attached hydrogens (tertiary/aromatic N) is 1. The fourth-order valence-electron chi connectivity index (χ4n) is 1.92. The molecule has 2 aromatic rings. The average Bonchev–Trinajstić information content (AvgIpc) is 2.54. The second-order valence-electron chi connectivity index (χ2n) is 5.03. The molecule has 2 aromatic carbocycles. The molecule has 0 unspecified atom stereocenters. The van der Waals surface area contributed by atoms with Crippen LogP contribution in [-0.2, 0) is 4.79 Å². The molecular formula is C17H17Br2N3O2. The minimum Gasteiger partial charge on any atom is -0.494 e. The quantitative estimate of drug-likeness (QED) is 0.510. The number of anilines is 1. The molecule has 7 heteroatoms. The minimum atomic E-state index is -0.224. The smallest absolute Gasteiger partial charge is 0.259 e. The highest BCUT2D eigenvalue weighted by molar-refractivity contribution is 9.11. The highest BCUT2D eigenvalue weighted by Gasteiger charge is 2.06. The zero-order valence-electron chi connectivity index (χ0n) is 13.3. The van der Waals surface area contributed by atoms with Crippen molar-refractivity contribution in [3.8, 4) is 5.75 Å². The van der Waals surface area contributed by atoms with Crippen molar-refractivity contribution in [1.82, 2.24) is 5.43 Å². The molecule has 0 bridgehead atoms. The number of amides is 1. The van der Waals surface area contributed by atoms with Gasteiger partial charge in [-0.2, -0.15) is 5.10 Å². The van der Waals surface area contributed by atoms with Crippen molar-refractivity contribution in [2.45, 2.75) is 6.92 Å². The molecule has 0 aliphatic heterocycles. The summed E-state index contributed by atoms with van der Waals surface area (Å²) in [4.78, 5) is 11.8. The van der Waals surface area contributed by atoms with Gasteiger partial charge in [-0.05, 0) is 68.6 Å². The van der Waals surface area contributed by atoms with Crippen LogP contribution >= 0.6 is 31.9 Å². The Bertz CT molecular complexity index is 723. The number of ether oxygens (including phenoxy) is 1. The summed E-state index contributed by atoms with van der Waals surface area (Å²) in [5.74, 6) is 0.483. The predicted octanol–water partition coefficient (Wildman–Crippen LogP) is 4.09. The van der Waals surface area contributed by atoms with Crippen LogP contribution < -0.4 is 15.5 Å². The largest absolute Gasteiger partial charge is 0.494 e. The molecule has 0 aliphatic rings. The predicted molar refractivity (Wildman–Crippen MR) is 104 cm³/mol. The number of hydrogen-bond acceptors (Lipinski definition) is 4. The molecule has 0 aliphatic carbocycles. The first kappa shape index (κ1) is 18.5. The molecule has 0 aromatic heterocycles. The number of nitrogens with one attached hydrogen (secondary N) is 2. The highest BCUT2D eigenvalue weighted by atomic mass is 79.9. The van der Waals surface area contributed by atoms with Gasteiger partial charge in [0.05, 0.1) is 28.8 Å². The van der Waals surface area contributed by atoms with Crippen LogP contribution in [0.15, 0.2) is 50.4 Å². The zero-order chi connectivity index (χ0) is 17.5. The van der Waals surface area contributed by atoms with E-state index < -0.39 is 0 Å². The number of halogens is 2. The van der Waals surface area contributed by atoms with E-state index in [1.54, 1.807) is 13.3 Å². The van der Waals surface area contributed by atoms with Gasteiger partial charge in [-0.25, -0.2) is 5.43 Å². The Kier molecular flexibility index (Phi) is 6.81. The van der Waals surface area contributed by atoms with Crippen molar-refractivity contribution in [1.29, 1.82) is 0 Å². The summed E-state index contributed by atoms with van der Waals surface area (Å²) in [7, 11) is 1.60. The maximum absolute atomic E-state index is 11.8. The van der Waals surface area contributed by atoms with E-state index >= 15 is 0 Å². The van der Waals surface area contributed by atoms with Crippen molar-refractivity contribution < 1.29 is 9.53 Å². The topological polar surface area (TPSA) is 62.7 Å². The summed E-state index contributed by atoms with van der Waals surface area (Å²) in [6, 6.07) is 11.5. The van der Waals surface area contributed by atoms with Crippen LogP contribution in [0, 0.1) is 6.92 Å². The molecule has 5 nitrogen and oxygen atoms in total. The van der Waals surface area contributed by atoms with Crippen molar-refractivity contribution in [3.63, 3.8) is 0 Å². The Hall–Kier alpha value is -1.86. The molecule has 0 heterocycles. The maximum atomic E-state index is 11.8. The van der Waals surface area contributed by atoms with E-state index in [0.717, 1.165) is 20.2 Å². The Morgan fingerprint density at radius 1 is 1.21 bits per heavy atom. The van der Waals surface area contributed by atoms with Gasteiger partial charge in [0.25, 0.3) is 5.91 Å². The summed E-state index contributed by atoms with van der Waals surface area (Å²) < 4.78 is 6.84. The van der Waals surface area contributed by atoms with E-state index in [2.05, 4.69) is 47.7 Å². The number of benzene rings is 2. The van der Waals surface area contributed by atoms with E-state index in [0.29, 0.717) is 5.75 Å². The molecule has 2 rings (SSSR count). The number of hydrogen-bond donors (Lipinski definition) is 2. The van der Waals surface area contributed by atoms with Crippen molar-refractivity contribution in [2.75, 3.05) is 19.0 Å². The number of carbonyl (C=O) groups excluding carboxylic acids is 1. The second kappa shape index (κ2) is 8.84. The van der Waals surface area contributed by atoms with Gasteiger partial charge in [0.1, 0.15) is 5.75 Å². The van der Waals surface area contributed by atoms with Gasteiger partial charge in [-0.1, -0.05) is 17.7 Å². The third-order valence-corrected chi connectivity index (χ3v) is 4.31. The molecular weight excluding hydrogens is 438 g/mol. The fourth-order valence-corrected chi connectivity index (χ4v) is 3.47. The molecule has 24 heavy (non-hydrogen) atoms. The Morgan fingerprint density at radius 2 is 1.83 bits per heavy atom. The normalized spacial score (nSPS) is 10.7. The summed E-state index contributed by atoms with van der Waals surface area (Å²) in [5, 5.41) is 6.99. The molecule has 0 saturated carbocycles. The van der Waals surface area contributed by atoms with Crippen LogP contribution in [0.1, 0.15) is 11.1 Å². The van der Waals surface area contributed by atoms with Gasteiger partial charge in [0.2, 0.25) is 0 Å². The van der Waals surface area contributed by atoms with Crippen molar-refractivity contribution in [3.05, 3.63) is 56.5 Å². The molecule has 2 N–H and O–H groups in total. The van der Waals surface area contributed by atoms with E-state index in [1.807, 2.05) is 43.3 Å². The Balaban J connectivity index is 1.87. The van der Waals surface area contributed by atoms with Gasteiger partial charge in [-0.3, -0.25) is 4.79 Å². The standard InChI is InChI=1S/C17H17Br2N3O2/c1-11-3-5-13(6-4-11)20-10-16(23)22-21-9-12-7-14(18)17(24-2)15(19)8-12/h3-9,20H,10H2,1-2H3,(H,22,23)/b21-9-. The SMILES string of the molecule is COc1c(Br)cc(/C=N\NC(=O)CNc2ccc(C)cc2)cc1Br. The monoisotopic (exact) mass is 453 g/mol. The number of methoxy groups -OCH3 is 1. The lowest BCUT2D eigenvalue weighted by Crippen LogP contribution is -2.25. The lowest BCUT2D eigenvalue weighted by molar-refractivity contribution is -0.119. The maximum Gasteiger partial charge on any atom is 0.259 e. The van der Waals surface area contributed by atoms with Crippen LogP contribution in [0.2, 0.25) is 0 Å². The lowest BCUT2D eigenvalue weighted by atomic mass is 10.2. The molecule has 126 valence electrons. The van der Waals surface area contributed by atoms with E-state index in [-0.39, 0.29) is 12.5 Å². The van der Waals surface area contributed by atoms with Gasteiger partial charge in [0.15, 0.2) is 0 Å². The van der Waals surface area contributed by atoms with Crippen LogP contribution in [-0.4, -0.2) is 25.8 Å². The molecule has 0 atom stereocenters. The molecule has 0 saturated heterocycles. The summed E-state index contributed by atoms with van der Waals surface area (Å²) in [5.41, 5.74) is 5.37. The Morgan fingerprint density at radius 3 is 2.42 bits per heavy atom.